The monoisotopic (exact) mass is 167 g/mol. The van der Waals surface area contributed by atoms with Crippen LogP contribution < -0.4 is 0 Å². The molecule has 0 aliphatic rings. The molecule has 0 spiro atoms. The van der Waals surface area contributed by atoms with E-state index < -0.39 is 5.41 Å². The average Bonchev–Trinajstić information content (AvgIpc) is 2.02. The van der Waals surface area contributed by atoms with Gasteiger partial charge in [0.1, 0.15) is 6.61 Å². The van der Waals surface area contributed by atoms with Crippen LogP contribution in [0.1, 0.15) is 20.3 Å². The Kier molecular flexibility index (Phi) is 4.06. The van der Waals surface area contributed by atoms with Crippen LogP contribution in [0.3, 0.4) is 0 Å². The fourth-order valence-corrected chi connectivity index (χ4v) is 0.716. The summed E-state index contributed by atoms with van der Waals surface area (Å²) in [6.45, 7) is 6.72. The summed E-state index contributed by atoms with van der Waals surface area (Å²) in [5, 5.41) is 8.74. The number of hydrogen-bond donors (Lipinski definition) is 0. The van der Waals surface area contributed by atoms with Crippen molar-refractivity contribution in [3.8, 4) is 6.07 Å². The highest BCUT2D eigenvalue weighted by Gasteiger charge is 2.23. The third kappa shape index (κ3) is 3.77. The molecule has 0 rings (SSSR count). The second-order valence-corrected chi connectivity index (χ2v) is 2.95. The first-order valence-corrected chi connectivity index (χ1v) is 3.69. The van der Waals surface area contributed by atoms with E-state index in [9.17, 15) is 4.79 Å². The van der Waals surface area contributed by atoms with E-state index in [0.29, 0.717) is 6.42 Å². The van der Waals surface area contributed by atoms with Gasteiger partial charge in [-0.25, -0.2) is 0 Å². The van der Waals surface area contributed by atoms with Crippen LogP contribution in [0.4, 0.5) is 0 Å². The molecule has 0 aliphatic carbocycles. The van der Waals surface area contributed by atoms with E-state index in [4.69, 9.17) is 10.00 Å². The molecule has 1 unspecified atom stereocenters. The first kappa shape index (κ1) is 10.7. The predicted molar refractivity (Wildman–Crippen MR) is 45.2 cm³/mol. The van der Waals surface area contributed by atoms with Crippen molar-refractivity contribution in [2.75, 3.05) is 6.61 Å². The average molecular weight is 167 g/mol. The van der Waals surface area contributed by atoms with Crippen LogP contribution in [0.5, 0.6) is 0 Å². The third-order valence-electron chi connectivity index (χ3n) is 1.46. The minimum atomic E-state index is -0.632. The summed E-state index contributed by atoms with van der Waals surface area (Å²) in [7, 11) is 0. The summed E-state index contributed by atoms with van der Waals surface area (Å²) in [5.41, 5.74) is -0.632. The summed E-state index contributed by atoms with van der Waals surface area (Å²) in [6, 6.07) is 2.09. The van der Waals surface area contributed by atoms with Gasteiger partial charge in [0.25, 0.3) is 0 Å². The third-order valence-corrected chi connectivity index (χ3v) is 1.46. The maximum absolute atomic E-state index is 10.5. The van der Waals surface area contributed by atoms with Crippen molar-refractivity contribution in [3.63, 3.8) is 0 Å². The zero-order valence-corrected chi connectivity index (χ0v) is 7.46. The van der Waals surface area contributed by atoms with Gasteiger partial charge < -0.3 is 4.74 Å². The maximum Gasteiger partial charge on any atom is 0.302 e. The summed E-state index contributed by atoms with van der Waals surface area (Å²) >= 11 is 0. The molecule has 0 fully saturated rings. The highest BCUT2D eigenvalue weighted by molar-refractivity contribution is 5.65. The molecule has 0 amide bonds. The molecule has 0 saturated heterocycles. The molecule has 0 radical (unpaired) electrons. The Labute approximate surface area is 72.6 Å². The van der Waals surface area contributed by atoms with Gasteiger partial charge in [0, 0.05) is 6.92 Å². The van der Waals surface area contributed by atoms with Gasteiger partial charge in [-0.3, -0.25) is 4.79 Å². The van der Waals surface area contributed by atoms with E-state index in [1.54, 1.807) is 13.0 Å². The zero-order valence-electron chi connectivity index (χ0n) is 7.46. The number of allylic oxidation sites excluding steroid dienone is 1. The SMILES string of the molecule is C=CCC(C)(C#N)COC(C)=O. The van der Waals surface area contributed by atoms with Crippen molar-refractivity contribution in [3.05, 3.63) is 12.7 Å². The van der Waals surface area contributed by atoms with Gasteiger partial charge in [-0.05, 0) is 13.3 Å². The van der Waals surface area contributed by atoms with E-state index in [1.807, 2.05) is 0 Å². The first-order chi connectivity index (χ1) is 5.54. The Morgan fingerprint density at radius 3 is 2.75 bits per heavy atom. The van der Waals surface area contributed by atoms with Crippen LogP contribution in [0, 0.1) is 16.7 Å². The fourth-order valence-electron chi connectivity index (χ4n) is 0.716. The van der Waals surface area contributed by atoms with Gasteiger partial charge >= 0.3 is 5.97 Å². The molecule has 1 atom stereocenters. The van der Waals surface area contributed by atoms with Crippen LogP contribution in [-0.2, 0) is 9.53 Å². The molecular weight excluding hydrogens is 154 g/mol. The van der Waals surface area contributed by atoms with E-state index in [1.165, 1.54) is 6.92 Å². The summed E-state index contributed by atoms with van der Waals surface area (Å²) in [5.74, 6) is -0.361. The molecule has 0 aromatic rings. The van der Waals surface area contributed by atoms with Crippen LogP contribution in [0.15, 0.2) is 12.7 Å². The number of esters is 1. The molecule has 12 heavy (non-hydrogen) atoms. The standard InChI is InChI=1S/C9H13NO2/c1-4-5-9(3,6-10)7-12-8(2)11/h4H,1,5,7H2,2-3H3. The van der Waals surface area contributed by atoms with Crippen molar-refractivity contribution >= 4 is 5.97 Å². The van der Waals surface area contributed by atoms with E-state index in [2.05, 4.69) is 12.6 Å². The van der Waals surface area contributed by atoms with Crippen molar-refractivity contribution in [2.45, 2.75) is 20.3 Å². The van der Waals surface area contributed by atoms with Crippen molar-refractivity contribution in [2.24, 2.45) is 5.41 Å². The van der Waals surface area contributed by atoms with E-state index in [-0.39, 0.29) is 12.6 Å². The number of carbonyl (C=O) groups is 1. The number of ether oxygens (including phenoxy) is 1. The van der Waals surface area contributed by atoms with Crippen LogP contribution in [-0.4, -0.2) is 12.6 Å². The van der Waals surface area contributed by atoms with Gasteiger partial charge in [0.2, 0.25) is 0 Å². The number of nitriles is 1. The zero-order chi connectivity index (χ0) is 9.61. The minimum absolute atomic E-state index is 0.130. The molecule has 0 heterocycles. The lowest BCUT2D eigenvalue weighted by atomic mass is 9.90. The largest absolute Gasteiger partial charge is 0.464 e. The highest BCUT2D eigenvalue weighted by atomic mass is 16.5. The lowest BCUT2D eigenvalue weighted by molar-refractivity contribution is -0.143. The molecule has 0 aromatic heterocycles. The molecule has 3 heteroatoms. The summed E-state index contributed by atoms with van der Waals surface area (Å²) in [4.78, 5) is 10.5. The quantitative estimate of drug-likeness (QED) is 0.472. The minimum Gasteiger partial charge on any atom is -0.464 e. The second-order valence-electron chi connectivity index (χ2n) is 2.95. The normalized spacial score (nSPS) is 14.1. The Bertz CT molecular complexity index is 217. The van der Waals surface area contributed by atoms with Gasteiger partial charge in [0.05, 0.1) is 11.5 Å². The van der Waals surface area contributed by atoms with Gasteiger partial charge in [-0.15, -0.1) is 6.58 Å². The number of carbonyl (C=O) groups excluding carboxylic acids is 1. The van der Waals surface area contributed by atoms with Gasteiger partial charge in [-0.1, -0.05) is 6.08 Å². The summed E-state index contributed by atoms with van der Waals surface area (Å²) < 4.78 is 4.74. The van der Waals surface area contributed by atoms with E-state index >= 15 is 0 Å². The van der Waals surface area contributed by atoms with Crippen molar-refractivity contribution in [1.29, 1.82) is 5.26 Å². The molecule has 0 aliphatic heterocycles. The van der Waals surface area contributed by atoms with Crippen molar-refractivity contribution in [1.82, 2.24) is 0 Å². The Balaban J connectivity index is 4.06. The number of rotatable bonds is 4. The second kappa shape index (κ2) is 4.55. The molecule has 66 valence electrons. The molecule has 0 saturated carbocycles. The molecule has 3 nitrogen and oxygen atoms in total. The molecule has 0 aromatic carbocycles. The van der Waals surface area contributed by atoms with E-state index in [0.717, 1.165) is 0 Å². The summed E-state index contributed by atoms with van der Waals surface area (Å²) in [6.07, 6.45) is 2.17. The Hall–Kier alpha value is -1.30. The molecule has 0 N–H and O–H groups in total. The van der Waals surface area contributed by atoms with Crippen LogP contribution >= 0.6 is 0 Å². The Morgan fingerprint density at radius 1 is 1.83 bits per heavy atom. The van der Waals surface area contributed by atoms with Crippen LogP contribution in [0.2, 0.25) is 0 Å². The highest BCUT2D eigenvalue weighted by Crippen LogP contribution is 2.20. The first-order valence-electron chi connectivity index (χ1n) is 3.69. The lowest BCUT2D eigenvalue weighted by Gasteiger charge is -2.18. The van der Waals surface area contributed by atoms with Gasteiger partial charge in [-0.2, -0.15) is 5.26 Å². The number of nitrogens with zero attached hydrogens (tertiary/aromatic N) is 1. The van der Waals surface area contributed by atoms with Crippen LogP contribution in [0.25, 0.3) is 0 Å². The van der Waals surface area contributed by atoms with Gasteiger partial charge in [0.15, 0.2) is 0 Å². The van der Waals surface area contributed by atoms with Crippen molar-refractivity contribution < 1.29 is 9.53 Å². The molecular formula is C9H13NO2. The Morgan fingerprint density at radius 2 is 2.42 bits per heavy atom. The topological polar surface area (TPSA) is 50.1 Å². The lowest BCUT2D eigenvalue weighted by Crippen LogP contribution is -2.22. The molecule has 0 bridgehead atoms. The maximum atomic E-state index is 10.5. The smallest absolute Gasteiger partial charge is 0.302 e. The fraction of sp³-hybridized carbons (Fsp3) is 0.556. The predicted octanol–water partition coefficient (Wildman–Crippen LogP) is 1.66. The number of hydrogen-bond acceptors (Lipinski definition) is 3.